The first-order chi connectivity index (χ1) is 9.63. The summed E-state index contributed by atoms with van der Waals surface area (Å²) in [6.07, 6.45) is 6.29. The normalized spacial score (nSPS) is 16.9. The van der Waals surface area contributed by atoms with Gasteiger partial charge < -0.3 is 10.1 Å². The number of allylic oxidation sites excluding steroid dienone is 2. The number of ether oxygens (including phenoxy) is 1. The topological polar surface area (TPSA) is 55.4 Å². The summed E-state index contributed by atoms with van der Waals surface area (Å²) in [6, 6.07) is 5.37. The van der Waals surface area contributed by atoms with Gasteiger partial charge in [0, 0.05) is 5.69 Å². The number of halogens is 1. The average Bonchev–Trinajstić information content (AvgIpc) is 2.92. The zero-order valence-corrected chi connectivity index (χ0v) is 11.0. The van der Waals surface area contributed by atoms with E-state index in [1.165, 1.54) is 24.3 Å². The van der Waals surface area contributed by atoms with Gasteiger partial charge in [-0.1, -0.05) is 12.2 Å². The van der Waals surface area contributed by atoms with Gasteiger partial charge in [0.15, 0.2) is 6.61 Å². The molecule has 0 heterocycles. The van der Waals surface area contributed by atoms with Gasteiger partial charge in [-0.3, -0.25) is 9.59 Å². The van der Waals surface area contributed by atoms with Gasteiger partial charge in [-0.05, 0) is 43.0 Å². The monoisotopic (exact) mass is 277 g/mol. The van der Waals surface area contributed by atoms with Gasteiger partial charge in [-0.25, -0.2) is 4.39 Å². The molecule has 106 valence electrons. The van der Waals surface area contributed by atoms with Gasteiger partial charge >= 0.3 is 5.97 Å². The van der Waals surface area contributed by atoms with E-state index >= 15 is 0 Å². The van der Waals surface area contributed by atoms with Gasteiger partial charge in [0.25, 0.3) is 5.91 Å². The van der Waals surface area contributed by atoms with Crippen LogP contribution in [0.1, 0.15) is 19.3 Å². The lowest BCUT2D eigenvalue weighted by molar-refractivity contribution is -0.147. The molecule has 1 amide bonds. The summed E-state index contributed by atoms with van der Waals surface area (Å²) in [7, 11) is 0. The van der Waals surface area contributed by atoms with Gasteiger partial charge in [0.05, 0.1) is 6.42 Å². The third-order valence-electron chi connectivity index (χ3n) is 3.03. The van der Waals surface area contributed by atoms with Crippen molar-refractivity contribution in [2.24, 2.45) is 5.92 Å². The molecule has 20 heavy (non-hydrogen) atoms. The quantitative estimate of drug-likeness (QED) is 0.665. The molecule has 0 bridgehead atoms. The smallest absolute Gasteiger partial charge is 0.306 e. The van der Waals surface area contributed by atoms with Gasteiger partial charge in [-0.2, -0.15) is 0 Å². The predicted molar refractivity (Wildman–Crippen MR) is 72.5 cm³/mol. The van der Waals surface area contributed by atoms with E-state index in [4.69, 9.17) is 4.74 Å². The molecule has 2 rings (SSSR count). The molecule has 1 N–H and O–H groups in total. The Labute approximate surface area is 116 Å². The highest BCUT2D eigenvalue weighted by Crippen LogP contribution is 2.20. The molecule has 0 saturated carbocycles. The number of esters is 1. The number of rotatable bonds is 5. The molecule has 0 spiro atoms. The molecular formula is C15H16FNO3. The zero-order chi connectivity index (χ0) is 14.4. The predicted octanol–water partition coefficient (Wildman–Crippen LogP) is 2.66. The summed E-state index contributed by atoms with van der Waals surface area (Å²) in [6.45, 7) is -0.327. The van der Waals surface area contributed by atoms with Crippen molar-refractivity contribution in [3.05, 3.63) is 42.2 Å². The van der Waals surface area contributed by atoms with E-state index in [1.54, 1.807) is 0 Å². The van der Waals surface area contributed by atoms with Crippen molar-refractivity contribution in [3.63, 3.8) is 0 Å². The molecular weight excluding hydrogens is 261 g/mol. The Balaban J connectivity index is 1.70. The summed E-state index contributed by atoms with van der Waals surface area (Å²) >= 11 is 0. The summed E-state index contributed by atoms with van der Waals surface area (Å²) in [5.74, 6) is -0.968. The first kappa shape index (κ1) is 14.2. The lowest BCUT2D eigenvalue weighted by atomic mass is 10.1. The van der Waals surface area contributed by atoms with Crippen LogP contribution in [0.25, 0.3) is 0 Å². The first-order valence-electron chi connectivity index (χ1n) is 6.51. The Morgan fingerprint density at radius 1 is 1.30 bits per heavy atom. The van der Waals surface area contributed by atoms with Gasteiger partial charge in [-0.15, -0.1) is 0 Å². The number of anilines is 1. The van der Waals surface area contributed by atoms with E-state index in [0.717, 1.165) is 12.8 Å². The second-order valence-electron chi connectivity index (χ2n) is 4.69. The van der Waals surface area contributed by atoms with Crippen LogP contribution in [0.15, 0.2) is 36.4 Å². The molecule has 1 aliphatic rings. The fraction of sp³-hybridized carbons (Fsp3) is 0.333. The van der Waals surface area contributed by atoms with Crippen molar-refractivity contribution in [1.29, 1.82) is 0 Å². The van der Waals surface area contributed by atoms with Crippen LogP contribution < -0.4 is 5.32 Å². The third-order valence-corrected chi connectivity index (χ3v) is 3.03. The number of benzene rings is 1. The molecule has 0 aliphatic heterocycles. The molecule has 0 fully saturated rings. The van der Waals surface area contributed by atoms with Crippen LogP contribution in [0, 0.1) is 11.7 Å². The molecule has 1 aromatic carbocycles. The largest absolute Gasteiger partial charge is 0.456 e. The molecule has 0 radical (unpaired) electrons. The van der Waals surface area contributed by atoms with Crippen molar-refractivity contribution in [2.75, 3.05) is 11.9 Å². The number of nitrogens with one attached hydrogen (secondary N) is 1. The number of hydrogen-bond donors (Lipinski definition) is 1. The first-order valence-corrected chi connectivity index (χ1v) is 6.51. The van der Waals surface area contributed by atoms with Crippen LogP contribution in [0.2, 0.25) is 0 Å². The van der Waals surface area contributed by atoms with Crippen molar-refractivity contribution in [3.8, 4) is 0 Å². The van der Waals surface area contributed by atoms with Crippen molar-refractivity contribution < 1.29 is 18.7 Å². The van der Waals surface area contributed by atoms with E-state index < -0.39 is 5.91 Å². The standard InChI is InChI=1S/C15H16FNO3/c16-12-5-7-13(8-6-12)17-14(18)10-20-15(19)9-11-3-1-2-4-11/h1,3,5-8,11H,2,4,9-10H2,(H,17,18)/t11-/m1/s1. The minimum atomic E-state index is -0.438. The zero-order valence-electron chi connectivity index (χ0n) is 11.0. The second kappa shape index (κ2) is 6.84. The highest BCUT2D eigenvalue weighted by molar-refractivity contribution is 5.92. The number of carbonyl (C=O) groups excluding carboxylic acids is 2. The van der Waals surface area contributed by atoms with E-state index in [0.29, 0.717) is 12.1 Å². The van der Waals surface area contributed by atoms with Gasteiger partial charge in [0.2, 0.25) is 0 Å². The summed E-state index contributed by atoms with van der Waals surface area (Å²) in [5, 5.41) is 2.52. The van der Waals surface area contributed by atoms with Crippen molar-refractivity contribution >= 4 is 17.6 Å². The van der Waals surface area contributed by atoms with Gasteiger partial charge in [0.1, 0.15) is 5.82 Å². The van der Waals surface area contributed by atoms with Crippen LogP contribution in [-0.4, -0.2) is 18.5 Å². The van der Waals surface area contributed by atoms with E-state index in [9.17, 15) is 14.0 Å². The van der Waals surface area contributed by atoms with Crippen molar-refractivity contribution in [2.45, 2.75) is 19.3 Å². The second-order valence-corrected chi connectivity index (χ2v) is 4.69. The molecule has 0 aromatic heterocycles. The minimum absolute atomic E-state index is 0.225. The SMILES string of the molecule is O=C(COC(=O)C[C@@H]1C=CCC1)Nc1ccc(F)cc1. The van der Waals surface area contributed by atoms with E-state index in [1.807, 2.05) is 12.2 Å². The fourth-order valence-corrected chi connectivity index (χ4v) is 2.01. The maximum absolute atomic E-state index is 12.7. The van der Waals surface area contributed by atoms with E-state index in [-0.39, 0.29) is 24.3 Å². The Kier molecular flexibility index (Phi) is 4.87. The summed E-state index contributed by atoms with van der Waals surface area (Å²) in [4.78, 5) is 23.1. The number of hydrogen-bond acceptors (Lipinski definition) is 3. The summed E-state index contributed by atoms with van der Waals surface area (Å²) < 4.78 is 17.6. The molecule has 0 unspecified atom stereocenters. The Morgan fingerprint density at radius 2 is 2.05 bits per heavy atom. The molecule has 1 aromatic rings. The number of carbonyl (C=O) groups is 2. The maximum atomic E-state index is 12.7. The Bertz CT molecular complexity index is 510. The lowest BCUT2D eigenvalue weighted by Gasteiger charge is -2.08. The van der Waals surface area contributed by atoms with Crippen LogP contribution in [0.5, 0.6) is 0 Å². The maximum Gasteiger partial charge on any atom is 0.306 e. The average molecular weight is 277 g/mol. The lowest BCUT2D eigenvalue weighted by Crippen LogP contribution is -2.21. The highest BCUT2D eigenvalue weighted by atomic mass is 19.1. The number of amides is 1. The fourth-order valence-electron chi connectivity index (χ4n) is 2.01. The molecule has 5 heteroatoms. The molecule has 1 aliphatic carbocycles. The Morgan fingerprint density at radius 3 is 2.70 bits per heavy atom. The van der Waals surface area contributed by atoms with Crippen molar-refractivity contribution in [1.82, 2.24) is 0 Å². The third kappa shape index (κ3) is 4.50. The Hall–Kier alpha value is -2.17. The summed E-state index contributed by atoms with van der Waals surface area (Å²) in [5.41, 5.74) is 0.464. The van der Waals surface area contributed by atoms with Crippen LogP contribution >= 0.6 is 0 Å². The minimum Gasteiger partial charge on any atom is -0.456 e. The van der Waals surface area contributed by atoms with E-state index in [2.05, 4.69) is 5.32 Å². The highest BCUT2D eigenvalue weighted by Gasteiger charge is 2.15. The van der Waals surface area contributed by atoms with Crippen LogP contribution in [0.4, 0.5) is 10.1 Å². The van der Waals surface area contributed by atoms with Crippen LogP contribution in [-0.2, 0) is 14.3 Å². The molecule has 0 saturated heterocycles. The molecule has 4 nitrogen and oxygen atoms in total. The molecule has 1 atom stereocenters. The van der Waals surface area contributed by atoms with Crippen LogP contribution in [0.3, 0.4) is 0 Å².